The molecule has 1 saturated carbocycles. The van der Waals surface area contributed by atoms with Gasteiger partial charge in [0.1, 0.15) is 5.75 Å². The van der Waals surface area contributed by atoms with Gasteiger partial charge in [0.25, 0.3) is 0 Å². The van der Waals surface area contributed by atoms with E-state index in [0.717, 1.165) is 28.0 Å². The molecule has 0 spiro atoms. The van der Waals surface area contributed by atoms with Gasteiger partial charge in [-0.15, -0.1) is 0 Å². The topological polar surface area (TPSA) is 55.5 Å². The first-order valence-electron chi connectivity index (χ1n) is 10.1. The lowest BCUT2D eigenvalue weighted by molar-refractivity contribution is 0.128. The molecule has 1 aliphatic carbocycles. The van der Waals surface area contributed by atoms with Gasteiger partial charge < -0.3 is 15.6 Å². The highest BCUT2D eigenvalue weighted by molar-refractivity contribution is 5.84. The van der Waals surface area contributed by atoms with Crippen molar-refractivity contribution < 1.29 is 9.84 Å². The molecule has 0 saturated heterocycles. The fourth-order valence-electron chi connectivity index (χ4n) is 3.97. The Morgan fingerprint density at radius 2 is 1.77 bits per heavy atom. The standard InChI is InChI=1S/C23H33NO2/c1-3-4-5-17-6-11-21(12-7-17)26-22-13-9-18-14-20(23(2,24)16-25)10-8-19(18)15-22/h8-10,13-15,17,21,25H,3-7,11-12,16,24H2,1-2H3/t17-,21-,23-/m0/s1. The highest BCUT2D eigenvalue weighted by Crippen LogP contribution is 2.32. The molecule has 26 heavy (non-hydrogen) atoms. The molecule has 0 aromatic heterocycles. The second-order valence-electron chi connectivity index (χ2n) is 8.20. The lowest BCUT2D eigenvalue weighted by atomic mass is 9.84. The summed E-state index contributed by atoms with van der Waals surface area (Å²) in [5.41, 5.74) is 6.39. The molecule has 1 fully saturated rings. The van der Waals surface area contributed by atoms with Crippen molar-refractivity contribution in [3.63, 3.8) is 0 Å². The van der Waals surface area contributed by atoms with Crippen molar-refractivity contribution in [2.24, 2.45) is 11.7 Å². The van der Waals surface area contributed by atoms with Gasteiger partial charge in [-0.1, -0.05) is 44.4 Å². The van der Waals surface area contributed by atoms with E-state index in [9.17, 15) is 5.11 Å². The monoisotopic (exact) mass is 355 g/mol. The summed E-state index contributed by atoms with van der Waals surface area (Å²) in [5, 5.41) is 11.7. The van der Waals surface area contributed by atoms with Crippen molar-refractivity contribution in [2.75, 3.05) is 6.61 Å². The highest BCUT2D eigenvalue weighted by atomic mass is 16.5. The van der Waals surface area contributed by atoms with Crippen LogP contribution in [-0.4, -0.2) is 17.8 Å². The van der Waals surface area contributed by atoms with E-state index in [1.807, 2.05) is 13.0 Å². The van der Waals surface area contributed by atoms with Crippen LogP contribution in [0.15, 0.2) is 36.4 Å². The number of hydrogen-bond donors (Lipinski definition) is 2. The van der Waals surface area contributed by atoms with Gasteiger partial charge in [-0.25, -0.2) is 0 Å². The van der Waals surface area contributed by atoms with Crippen molar-refractivity contribution in [2.45, 2.75) is 70.4 Å². The van der Waals surface area contributed by atoms with Gasteiger partial charge in [-0.3, -0.25) is 0 Å². The molecule has 3 nitrogen and oxygen atoms in total. The van der Waals surface area contributed by atoms with Gasteiger partial charge in [0.15, 0.2) is 0 Å². The van der Waals surface area contributed by atoms with Crippen LogP contribution in [0.2, 0.25) is 0 Å². The number of aliphatic hydroxyl groups is 1. The van der Waals surface area contributed by atoms with Crippen LogP contribution in [-0.2, 0) is 5.54 Å². The molecular weight excluding hydrogens is 322 g/mol. The number of fused-ring (bicyclic) bond motifs is 1. The average molecular weight is 356 g/mol. The second kappa shape index (κ2) is 8.41. The zero-order chi connectivity index (χ0) is 18.6. The summed E-state index contributed by atoms with van der Waals surface area (Å²) in [7, 11) is 0. The number of rotatable bonds is 7. The zero-order valence-corrected chi connectivity index (χ0v) is 16.2. The summed E-state index contributed by atoms with van der Waals surface area (Å²) in [6.45, 7) is 4.05. The van der Waals surface area contributed by atoms with E-state index in [1.165, 1.54) is 44.9 Å². The van der Waals surface area contributed by atoms with Crippen molar-refractivity contribution in [1.82, 2.24) is 0 Å². The van der Waals surface area contributed by atoms with E-state index < -0.39 is 5.54 Å². The van der Waals surface area contributed by atoms with Crippen LogP contribution in [0.25, 0.3) is 10.8 Å². The van der Waals surface area contributed by atoms with E-state index in [-0.39, 0.29) is 6.61 Å². The summed E-state index contributed by atoms with van der Waals surface area (Å²) in [4.78, 5) is 0. The van der Waals surface area contributed by atoms with E-state index in [1.54, 1.807) is 0 Å². The number of unbranched alkanes of at least 4 members (excludes halogenated alkanes) is 1. The Labute approximate surface area is 157 Å². The Balaban J connectivity index is 1.64. The first kappa shape index (κ1) is 19.2. The van der Waals surface area contributed by atoms with Crippen LogP contribution < -0.4 is 10.5 Å². The van der Waals surface area contributed by atoms with E-state index >= 15 is 0 Å². The summed E-state index contributed by atoms with van der Waals surface area (Å²) in [6.07, 6.45) is 9.36. The predicted molar refractivity (Wildman–Crippen MR) is 108 cm³/mol. The van der Waals surface area contributed by atoms with Gasteiger partial charge in [-0.2, -0.15) is 0 Å². The Morgan fingerprint density at radius 3 is 2.46 bits per heavy atom. The molecular formula is C23H33NO2. The molecule has 1 atom stereocenters. The zero-order valence-electron chi connectivity index (χ0n) is 16.2. The summed E-state index contributed by atoms with van der Waals surface area (Å²) in [6, 6.07) is 12.4. The molecule has 3 N–H and O–H groups in total. The maximum absolute atomic E-state index is 9.47. The smallest absolute Gasteiger partial charge is 0.120 e. The summed E-state index contributed by atoms with van der Waals surface area (Å²) < 4.78 is 6.27. The highest BCUT2D eigenvalue weighted by Gasteiger charge is 2.22. The maximum atomic E-state index is 9.47. The van der Waals surface area contributed by atoms with Gasteiger partial charge in [-0.05, 0) is 73.1 Å². The number of hydrogen-bond acceptors (Lipinski definition) is 3. The molecule has 0 radical (unpaired) electrons. The second-order valence-corrected chi connectivity index (χ2v) is 8.20. The van der Waals surface area contributed by atoms with E-state index in [2.05, 4.69) is 37.3 Å². The van der Waals surface area contributed by atoms with Gasteiger partial charge in [0.05, 0.1) is 18.2 Å². The third-order valence-electron chi connectivity index (χ3n) is 5.86. The fraction of sp³-hybridized carbons (Fsp3) is 0.565. The van der Waals surface area contributed by atoms with Crippen LogP contribution >= 0.6 is 0 Å². The summed E-state index contributed by atoms with van der Waals surface area (Å²) in [5.74, 6) is 1.86. The molecule has 1 aliphatic rings. The molecule has 0 heterocycles. The first-order chi connectivity index (χ1) is 12.5. The largest absolute Gasteiger partial charge is 0.490 e. The van der Waals surface area contributed by atoms with Crippen molar-refractivity contribution in [3.8, 4) is 5.75 Å². The number of aliphatic hydroxyl groups excluding tert-OH is 1. The molecule has 0 amide bonds. The summed E-state index contributed by atoms with van der Waals surface area (Å²) >= 11 is 0. The normalized spacial score (nSPS) is 22.9. The van der Waals surface area contributed by atoms with E-state index in [4.69, 9.17) is 10.5 Å². The molecule has 0 bridgehead atoms. The minimum absolute atomic E-state index is 0.0688. The third-order valence-corrected chi connectivity index (χ3v) is 5.86. The molecule has 0 unspecified atom stereocenters. The van der Waals surface area contributed by atoms with Crippen LogP contribution in [0.1, 0.15) is 64.4 Å². The number of benzene rings is 2. The van der Waals surface area contributed by atoms with E-state index in [0.29, 0.717) is 6.10 Å². The molecule has 2 aromatic rings. The minimum atomic E-state index is -0.709. The van der Waals surface area contributed by atoms with Crippen LogP contribution in [0.4, 0.5) is 0 Å². The Kier molecular flexibility index (Phi) is 6.20. The van der Waals surface area contributed by atoms with Crippen molar-refractivity contribution >= 4 is 10.8 Å². The molecule has 0 aliphatic heterocycles. The van der Waals surface area contributed by atoms with Gasteiger partial charge in [0, 0.05) is 0 Å². The predicted octanol–water partition coefficient (Wildman–Crippen LogP) is 5.13. The maximum Gasteiger partial charge on any atom is 0.120 e. The molecule has 3 rings (SSSR count). The quantitative estimate of drug-likeness (QED) is 0.723. The Bertz CT molecular complexity index is 717. The average Bonchev–Trinajstić information content (AvgIpc) is 2.67. The van der Waals surface area contributed by atoms with Crippen molar-refractivity contribution in [3.05, 3.63) is 42.0 Å². The lowest BCUT2D eigenvalue weighted by Gasteiger charge is -2.29. The van der Waals surface area contributed by atoms with Gasteiger partial charge >= 0.3 is 0 Å². The van der Waals surface area contributed by atoms with Crippen LogP contribution in [0.5, 0.6) is 5.75 Å². The fourth-order valence-corrected chi connectivity index (χ4v) is 3.97. The minimum Gasteiger partial charge on any atom is -0.490 e. The van der Waals surface area contributed by atoms with Gasteiger partial charge in [0.2, 0.25) is 0 Å². The first-order valence-corrected chi connectivity index (χ1v) is 10.1. The Morgan fingerprint density at radius 1 is 1.08 bits per heavy atom. The van der Waals surface area contributed by atoms with Crippen LogP contribution in [0.3, 0.4) is 0 Å². The van der Waals surface area contributed by atoms with Crippen LogP contribution in [0, 0.1) is 5.92 Å². The SMILES string of the molecule is CCCC[C@H]1CC[C@H](Oc2ccc3cc([C@@](C)(N)CO)ccc3c2)CC1. The molecule has 2 aromatic carbocycles. The Hall–Kier alpha value is -1.58. The third kappa shape index (κ3) is 4.57. The molecule has 142 valence electrons. The number of nitrogens with two attached hydrogens (primary N) is 1. The lowest BCUT2D eigenvalue weighted by Crippen LogP contribution is -2.36. The molecule has 3 heteroatoms. The number of ether oxygens (including phenoxy) is 1. The van der Waals surface area contributed by atoms with Crippen molar-refractivity contribution in [1.29, 1.82) is 0 Å².